The van der Waals surface area contributed by atoms with Crippen molar-refractivity contribution in [3.05, 3.63) is 59.0 Å². The molecule has 0 atom stereocenters. The van der Waals surface area contributed by atoms with Crippen LogP contribution in [0.3, 0.4) is 0 Å². The molecule has 3 aromatic rings. The van der Waals surface area contributed by atoms with Crippen LogP contribution < -0.4 is 0 Å². The van der Waals surface area contributed by atoms with Gasteiger partial charge in [-0.2, -0.15) is 8.78 Å². The van der Waals surface area contributed by atoms with E-state index < -0.39 is 12.3 Å². The van der Waals surface area contributed by atoms with Crippen molar-refractivity contribution in [3.8, 4) is 11.5 Å². The second-order valence-corrected chi connectivity index (χ2v) is 6.89. The van der Waals surface area contributed by atoms with E-state index in [-0.39, 0.29) is 11.3 Å². The Kier molecular flexibility index (Phi) is 4.40. The Hall–Kier alpha value is -2.41. The molecule has 0 amide bonds. The summed E-state index contributed by atoms with van der Waals surface area (Å²) in [6, 6.07) is 7.91. The van der Waals surface area contributed by atoms with E-state index in [9.17, 15) is 8.78 Å². The first-order valence-corrected chi connectivity index (χ1v) is 8.62. The van der Waals surface area contributed by atoms with Crippen LogP contribution in [-0.2, 0) is 11.8 Å². The average molecular weight is 377 g/mol. The number of alkyl halides is 2. The van der Waals surface area contributed by atoms with Crippen molar-refractivity contribution in [2.24, 2.45) is 0 Å². The van der Waals surface area contributed by atoms with Gasteiger partial charge in [0.05, 0.1) is 5.56 Å². The van der Waals surface area contributed by atoms with Crippen LogP contribution in [0.2, 0.25) is 5.02 Å². The molecule has 1 aliphatic carbocycles. The summed E-state index contributed by atoms with van der Waals surface area (Å²) >= 11 is 5.99. The standard InChI is InChI=1S/C18H15ClF2N4O/c19-13-4-2-12(3-5-13)18(6-1-7-18)8-14-22-9-11(10-23-14)16-24-25-17(26-16)15(20)21/h2-5,9-10,15H,1,6-8H2. The second kappa shape index (κ2) is 6.72. The summed E-state index contributed by atoms with van der Waals surface area (Å²) in [5.74, 6) is -0.0276. The predicted octanol–water partition coefficient (Wildman–Crippen LogP) is 4.78. The zero-order chi connectivity index (χ0) is 18.1. The van der Waals surface area contributed by atoms with E-state index >= 15 is 0 Å². The summed E-state index contributed by atoms with van der Waals surface area (Å²) in [5.41, 5.74) is 1.68. The first-order valence-electron chi connectivity index (χ1n) is 8.25. The van der Waals surface area contributed by atoms with Crippen molar-refractivity contribution < 1.29 is 13.2 Å². The molecule has 0 radical (unpaired) electrons. The van der Waals surface area contributed by atoms with E-state index in [4.69, 9.17) is 16.0 Å². The van der Waals surface area contributed by atoms with Gasteiger partial charge in [-0.15, -0.1) is 10.2 Å². The lowest BCUT2D eigenvalue weighted by molar-refractivity contribution is 0.116. The number of hydrogen-bond donors (Lipinski definition) is 0. The first-order chi connectivity index (χ1) is 12.6. The highest BCUT2D eigenvalue weighted by Gasteiger charge is 2.39. The maximum Gasteiger partial charge on any atom is 0.314 e. The SMILES string of the molecule is FC(F)c1nnc(-c2cnc(CC3(c4ccc(Cl)cc4)CCC3)nc2)o1. The van der Waals surface area contributed by atoms with E-state index in [0.717, 1.165) is 12.8 Å². The third kappa shape index (κ3) is 3.19. The van der Waals surface area contributed by atoms with Crippen molar-refractivity contribution in [2.45, 2.75) is 37.5 Å². The topological polar surface area (TPSA) is 64.7 Å². The Morgan fingerprint density at radius 3 is 2.31 bits per heavy atom. The maximum absolute atomic E-state index is 12.5. The molecule has 1 fully saturated rings. The molecule has 0 N–H and O–H groups in total. The normalized spacial score (nSPS) is 15.8. The minimum absolute atomic E-state index is 0.0112. The largest absolute Gasteiger partial charge is 0.415 e. The van der Waals surface area contributed by atoms with Gasteiger partial charge >= 0.3 is 6.43 Å². The van der Waals surface area contributed by atoms with Crippen LogP contribution in [0.15, 0.2) is 41.1 Å². The first kappa shape index (κ1) is 17.0. The van der Waals surface area contributed by atoms with Crippen LogP contribution in [0.1, 0.15) is 43.0 Å². The van der Waals surface area contributed by atoms with Gasteiger partial charge in [-0.25, -0.2) is 9.97 Å². The minimum atomic E-state index is -2.80. The highest BCUT2D eigenvalue weighted by Crippen LogP contribution is 2.46. The fourth-order valence-corrected chi connectivity index (χ4v) is 3.40. The van der Waals surface area contributed by atoms with E-state index in [1.54, 1.807) is 0 Å². The van der Waals surface area contributed by atoms with Gasteiger partial charge in [0.1, 0.15) is 5.82 Å². The molecule has 2 aromatic heterocycles. The lowest BCUT2D eigenvalue weighted by Crippen LogP contribution is -2.37. The monoisotopic (exact) mass is 376 g/mol. The fraction of sp³-hybridized carbons (Fsp3) is 0.333. The molecular formula is C18H15ClF2N4O. The molecule has 4 rings (SSSR count). The van der Waals surface area contributed by atoms with Crippen LogP contribution in [-0.4, -0.2) is 20.2 Å². The molecule has 1 saturated carbocycles. The Morgan fingerprint density at radius 1 is 1.08 bits per heavy atom. The van der Waals surface area contributed by atoms with Crippen LogP contribution >= 0.6 is 11.6 Å². The lowest BCUT2D eigenvalue weighted by Gasteiger charge is -2.42. The summed E-state index contributed by atoms with van der Waals surface area (Å²) in [4.78, 5) is 8.73. The van der Waals surface area contributed by atoms with Crippen molar-refractivity contribution in [2.75, 3.05) is 0 Å². The van der Waals surface area contributed by atoms with E-state index in [2.05, 4.69) is 32.3 Å². The van der Waals surface area contributed by atoms with Crippen molar-refractivity contribution in [3.63, 3.8) is 0 Å². The molecular weight excluding hydrogens is 362 g/mol. The summed E-state index contributed by atoms with van der Waals surface area (Å²) in [5, 5.41) is 7.63. The third-order valence-corrected chi connectivity index (χ3v) is 5.10. The van der Waals surface area contributed by atoms with Gasteiger partial charge in [-0.05, 0) is 30.5 Å². The van der Waals surface area contributed by atoms with Gasteiger partial charge in [0.15, 0.2) is 0 Å². The van der Waals surface area contributed by atoms with Gasteiger partial charge < -0.3 is 4.42 Å². The van der Waals surface area contributed by atoms with Gasteiger partial charge in [-0.3, -0.25) is 0 Å². The Labute approximate surface area is 153 Å². The zero-order valence-electron chi connectivity index (χ0n) is 13.7. The number of benzene rings is 1. The summed E-state index contributed by atoms with van der Waals surface area (Å²) < 4.78 is 30.0. The van der Waals surface area contributed by atoms with Crippen molar-refractivity contribution in [1.29, 1.82) is 0 Å². The molecule has 2 heterocycles. The Balaban J connectivity index is 1.54. The molecule has 5 nitrogen and oxygen atoms in total. The maximum atomic E-state index is 12.5. The quantitative estimate of drug-likeness (QED) is 0.641. The molecule has 0 spiro atoms. The zero-order valence-corrected chi connectivity index (χ0v) is 14.5. The predicted molar refractivity (Wildman–Crippen MR) is 91.0 cm³/mol. The van der Waals surface area contributed by atoms with Crippen molar-refractivity contribution >= 4 is 11.6 Å². The molecule has 0 saturated heterocycles. The molecule has 8 heteroatoms. The average Bonchev–Trinajstić information content (AvgIpc) is 3.10. The summed E-state index contributed by atoms with van der Waals surface area (Å²) in [6.45, 7) is 0. The fourth-order valence-electron chi connectivity index (χ4n) is 3.27. The van der Waals surface area contributed by atoms with Gasteiger partial charge in [0, 0.05) is 29.3 Å². The Bertz CT molecular complexity index is 892. The second-order valence-electron chi connectivity index (χ2n) is 6.45. The van der Waals surface area contributed by atoms with Crippen LogP contribution in [0.25, 0.3) is 11.5 Å². The summed E-state index contributed by atoms with van der Waals surface area (Å²) in [6.07, 6.45) is 4.27. The molecule has 26 heavy (non-hydrogen) atoms. The number of halogens is 3. The summed E-state index contributed by atoms with van der Waals surface area (Å²) in [7, 11) is 0. The van der Waals surface area contributed by atoms with E-state index in [0.29, 0.717) is 22.8 Å². The van der Waals surface area contributed by atoms with Gasteiger partial charge in [0.2, 0.25) is 0 Å². The smallest absolute Gasteiger partial charge is 0.314 e. The Morgan fingerprint density at radius 2 is 1.77 bits per heavy atom. The number of aromatic nitrogens is 4. The molecule has 0 unspecified atom stereocenters. The minimum Gasteiger partial charge on any atom is -0.415 e. The highest BCUT2D eigenvalue weighted by atomic mass is 35.5. The van der Waals surface area contributed by atoms with E-state index in [1.165, 1.54) is 24.4 Å². The van der Waals surface area contributed by atoms with Crippen LogP contribution in [0.4, 0.5) is 8.78 Å². The molecule has 1 aromatic carbocycles. The highest BCUT2D eigenvalue weighted by molar-refractivity contribution is 6.30. The lowest BCUT2D eigenvalue weighted by atomic mass is 9.62. The van der Waals surface area contributed by atoms with Crippen LogP contribution in [0, 0.1) is 0 Å². The van der Waals surface area contributed by atoms with Crippen molar-refractivity contribution in [1.82, 2.24) is 20.2 Å². The van der Waals surface area contributed by atoms with E-state index in [1.807, 2.05) is 12.1 Å². The van der Waals surface area contributed by atoms with Crippen LogP contribution in [0.5, 0.6) is 0 Å². The number of hydrogen-bond acceptors (Lipinski definition) is 5. The molecule has 0 bridgehead atoms. The molecule has 0 aliphatic heterocycles. The third-order valence-electron chi connectivity index (χ3n) is 4.84. The molecule has 1 aliphatic rings. The van der Waals surface area contributed by atoms with Gasteiger partial charge in [0.25, 0.3) is 11.8 Å². The number of nitrogens with zero attached hydrogens (tertiary/aromatic N) is 4. The number of rotatable bonds is 5. The van der Waals surface area contributed by atoms with Gasteiger partial charge in [-0.1, -0.05) is 30.2 Å². The molecule has 134 valence electrons.